The monoisotopic (exact) mass is 256 g/mol. The molecule has 92 valence electrons. The van der Waals surface area contributed by atoms with Crippen LogP contribution < -0.4 is 5.73 Å². The van der Waals surface area contributed by atoms with Gasteiger partial charge in [0.1, 0.15) is 10.7 Å². The van der Waals surface area contributed by atoms with Gasteiger partial charge in [0.2, 0.25) is 0 Å². The first kappa shape index (κ1) is 13.3. The molecule has 1 aromatic rings. The van der Waals surface area contributed by atoms with Crippen LogP contribution in [0, 0.1) is 0 Å². The molecular formula is C10H12N2O4S. The fourth-order valence-electron chi connectivity index (χ4n) is 1.02. The lowest BCUT2D eigenvalue weighted by molar-refractivity contribution is -0.139. The molecule has 0 bridgehead atoms. The number of carbonyl (C=O) groups is 2. The number of esters is 1. The summed E-state index contributed by atoms with van der Waals surface area (Å²) < 4.78 is 4.74. The Kier molecular flexibility index (Phi) is 4.77. The molecule has 0 aromatic carbocycles. The van der Waals surface area contributed by atoms with E-state index >= 15 is 0 Å². The van der Waals surface area contributed by atoms with E-state index in [0.29, 0.717) is 17.3 Å². The Morgan fingerprint density at radius 2 is 2.24 bits per heavy atom. The number of pyridine rings is 1. The first-order chi connectivity index (χ1) is 8.04. The molecule has 0 spiro atoms. The van der Waals surface area contributed by atoms with Gasteiger partial charge in [-0.15, -0.1) is 0 Å². The average Bonchev–Trinajstić information content (AvgIpc) is 2.28. The van der Waals surface area contributed by atoms with Crippen molar-refractivity contribution in [1.82, 2.24) is 4.98 Å². The third-order valence-electron chi connectivity index (χ3n) is 1.74. The Morgan fingerprint density at radius 1 is 1.53 bits per heavy atom. The lowest BCUT2D eigenvalue weighted by Gasteiger charge is -2.05. The van der Waals surface area contributed by atoms with Gasteiger partial charge >= 0.3 is 11.9 Å². The first-order valence-corrected chi connectivity index (χ1v) is 5.81. The molecule has 1 heterocycles. The van der Waals surface area contributed by atoms with Crippen LogP contribution in [-0.4, -0.2) is 34.4 Å². The number of aromatic carboxylic acids is 1. The minimum Gasteiger partial charge on any atom is -0.477 e. The Labute approximate surface area is 102 Å². The number of anilines is 1. The highest BCUT2D eigenvalue weighted by atomic mass is 32.2. The molecular weight excluding hydrogens is 244 g/mol. The number of hydrogen-bond acceptors (Lipinski definition) is 6. The fourth-order valence-corrected chi connectivity index (χ4v) is 1.75. The van der Waals surface area contributed by atoms with Crippen molar-refractivity contribution in [2.24, 2.45) is 0 Å². The molecule has 0 unspecified atom stereocenters. The number of ether oxygens (including phenoxy) is 1. The van der Waals surface area contributed by atoms with Crippen molar-refractivity contribution in [3.05, 3.63) is 17.8 Å². The fraction of sp³-hybridized carbons (Fsp3) is 0.300. The Hall–Kier alpha value is -1.76. The second-order valence-corrected chi connectivity index (χ2v) is 3.95. The van der Waals surface area contributed by atoms with E-state index in [2.05, 4.69) is 4.98 Å². The summed E-state index contributed by atoms with van der Waals surface area (Å²) >= 11 is 1.05. The Balaban J connectivity index is 2.73. The summed E-state index contributed by atoms with van der Waals surface area (Å²) in [6.45, 7) is 2.01. The highest BCUT2D eigenvalue weighted by Gasteiger charge is 2.11. The number of carboxylic acids is 1. The Morgan fingerprint density at radius 3 is 2.82 bits per heavy atom. The largest absolute Gasteiger partial charge is 0.477 e. The van der Waals surface area contributed by atoms with Crippen LogP contribution in [-0.2, 0) is 9.53 Å². The van der Waals surface area contributed by atoms with Crippen molar-refractivity contribution < 1.29 is 19.4 Å². The van der Waals surface area contributed by atoms with Crippen molar-refractivity contribution in [3.8, 4) is 0 Å². The molecule has 1 aromatic heterocycles. The van der Waals surface area contributed by atoms with Gasteiger partial charge in [0, 0.05) is 0 Å². The summed E-state index contributed by atoms with van der Waals surface area (Å²) in [5.74, 6) is -1.48. The molecule has 17 heavy (non-hydrogen) atoms. The highest BCUT2D eigenvalue weighted by Crippen LogP contribution is 2.22. The van der Waals surface area contributed by atoms with Crippen LogP contribution in [0.3, 0.4) is 0 Å². The van der Waals surface area contributed by atoms with Crippen molar-refractivity contribution in [1.29, 1.82) is 0 Å². The number of thioether (sulfide) groups is 1. The van der Waals surface area contributed by atoms with Gasteiger partial charge in [0.05, 0.1) is 18.0 Å². The second kappa shape index (κ2) is 6.09. The van der Waals surface area contributed by atoms with Crippen LogP contribution in [0.1, 0.15) is 17.4 Å². The molecule has 7 heteroatoms. The third-order valence-corrected chi connectivity index (χ3v) is 2.72. The lowest BCUT2D eigenvalue weighted by Crippen LogP contribution is -2.08. The minimum absolute atomic E-state index is 0.0497. The lowest BCUT2D eigenvalue weighted by atomic mass is 10.3. The number of hydrogen-bond donors (Lipinski definition) is 2. The molecule has 0 aliphatic heterocycles. The number of carboxylic acid groups (broad SMARTS) is 1. The van der Waals surface area contributed by atoms with Crippen molar-refractivity contribution >= 4 is 29.4 Å². The van der Waals surface area contributed by atoms with Crippen LogP contribution in [0.25, 0.3) is 0 Å². The van der Waals surface area contributed by atoms with E-state index < -0.39 is 5.97 Å². The summed E-state index contributed by atoms with van der Waals surface area (Å²) in [7, 11) is 0. The van der Waals surface area contributed by atoms with Gasteiger partial charge in [-0.25, -0.2) is 9.78 Å². The predicted octanol–water partition coefficient (Wildman–Crippen LogP) is 1.02. The van der Waals surface area contributed by atoms with Crippen LogP contribution in [0.15, 0.2) is 17.2 Å². The Bertz CT molecular complexity index is 436. The quantitative estimate of drug-likeness (QED) is 0.598. The van der Waals surface area contributed by atoms with E-state index in [0.717, 1.165) is 11.8 Å². The van der Waals surface area contributed by atoms with Gasteiger partial charge < -0.3 is 15.6 Å². The number of nitrogens with zero attached hydrogens (tertiary/aromatic N) is 1. The van der Waals surface area contributed by atoms with E-state index in [-0.39, 0.29) is 17.4 Å². The molecule has 0 radical (unpaired) electrons. The second-order valence-electron chi connectivity index (χ2n) is 2.99. The molecule has 0 atom stereocenters. The number of carbonyl (C=O) groups excluding carboxylic acids is 1. The van der Waals surface area contributed by atoms with E-state index in [1.54, 1.807) is 6.92 Å². The standard InChI is InChI=1S/C10H12N2O4S/c1-2-16-8(13)5-17-9-6(11)3-4-7(12-9)10(14)15/h3-4H,2,5,11H2,1H3,(H,14,15). The number of aromatic nitrogens is 1. The van der Waals surface area contributed by atoms with Gasteiger partial charge in [-0.05, 0) is 19.1 Å². The molecule has 0 fully saturated rings. The van der Waals surface area contributed by atoms with Gasteiger partial charge in [0.25, 0.3) is 0 Å². The SMILES string of the molecule is CCOC(=O)CSc1nc(C(=O)O)ccc1N. The van der Waals surface area contributed by atoms with Crippen molar-refractivity contribution in [2.45, 2.75) is 11.9 Å². The van der Waals surface area contributed by atoms with Gasteiger partial charge in [-0.1, -0.05) is 11.8 Å². The van der Waals surface area contributed by atoms with Crippen LogP contribution in [0.2, 0.25) is 0 Å². The molecule has 0 amide bonds. The molecule has 6 nitrogen and oxygen atoms in total. The highest BCUT2D eigenvalue weighted by molar-refractivity contribution is 8.00. The van der Waals surface area contributed by atoms with Crippen molar-refractivity contribution in [2.75, 3.05) is 18.1 Å². The van der Waals surface area contributed by atoms with Gasteiger partial charge in [0.15, 0.2) is 0 Å². The third kappa shape index (κ3) is 3.95. The van der Waals surface area contributed by atoms with Crippen LogP contribution >= 0.6 is 11.8 Å². The number of rotatable bonds is 5. The predicted molar refractivity (Wildman–Crippen MR) is 63.0 cm³/mol. The average molecular weight is 256 g/mol. The molecule has 0 saturated heterocycles. The summed E-state index contributed by atoms with van der Waals surface area (Å²) in [4.78, 5) is 25.7. The van der Waals surface area contributed by atoms with E-state index in [1.165, 1.54) is 12.1 Å². The van der Waals surface area contributed by atoms with Gasteiger partial charge in [-0.2, -0.15) is 0 Å². The maximum absolute atomic E-state index is 11.1. The normalized spacial score (nSPS) is 9.94. The maximum Gasteiger partial charge on any atom is 0.354 e. The maximum atomic E-state index is 11.1. The molecule has 3 N–H and O–H groups in total. The zero-order valence-corrected chi connectivity index (χ0v) is 9.99. The molecule has 0 aliphatic rings. The summed E-state index contributed by atoms with van der Waals surface area (Å²) in [6, 6.07) is 2.76. The van der Waals surface area contributed by atoms with Gasteiger partial charge in [-0.3, -0.25) is 4.79 Å². The molecule has 0 aliphatic carbocycles. The van der Waals surface area contributed by atoms with Crippen LogP contribution in [0.5, 0.6) is 0 Å². The summed E-state index contributed by atoms with van der Waals surface area (Å²) in [5.41, 5.74) is 5.85. The molecule has 1 rings (SSSR count). The topological polar surface area (TPSA) is 103 Å². The summed E-state index contributed by atoms with van der Waals surface area (Å²) in [5, 5.41) is 9.08. The number of nitrogens with two attached hydrogens (primary N) is 1. The minimum atomic E-state index is -1.14. The van der Waals surface area contributed by atoms with E-state index in [4.69, 9.17) is 15.6 Å². The van der Waals surface area contributed by atoms with Crippen LogP contribution in [0.4, 0.5) is 5.69 Å². The zero-order chi connectivity index (χ0) is 12.8. The zero-order valence-electron chi connectivity index (χ0n) is 9.17. The molecule has 0 saturated carbocycles. The van der Waals surface area contributed by atoms with E-state index in [9.17, 15) is 9.59 Å². The summed E-state index contributed by atoms with van der Waals surface area (Å²) in [6.07, 6.45) is 0. The van der Waals surface area contributed by atoms with Crippen molar-refractivity contribution in [3.63, 3.8) is 0 Å². The number of nitrogen functional groups attached to an aromatic ring is 1. The van der Waals surface area contributed by atoms with E-state index in [1.807, 2.05) is 0 Å². The first-order valence-electron chi connectivity index (χ1n) is 4.82. The smallest absolute Gasteiger partial charge is 0.354 e.